The average Bonchev–Trinajstić information content (AvgIpc) is 2.93. The zero-order chi connectivity index (χ0) is 30.7. The molecule has 0 aliphatic heterocycles. The molecule has 2 aromatic rings. The fourth-order valence-electron chi connectivity index (χ4n) is 5.50. The molecule has 224 valence electrons. The van der Waals surface area contributed by atoms with Crippen LogP contribution in [-0.4, -0.2) is 56.4 Å². The maximum absolute atomic E-state index is 10.4. The summed E-state index contributed by atoms with van der Waals surface area (Å²) in [4.78, 5) is 41.4. The van der Waals surface area contributed by atoms with Gasteiger partial charge < -0.3 is 31.9 Å². The summed E-state index contributed by atoms with van der Waals surface area (Å²) in [6.45, 7) is 4.66. The maximum atomic E-state index is 10.4. The smallest absolute Gasteiger partial charge is 0.335 e. The molecular formula is C31H42N2O8. The topological polar surface area (TPSA) is 201 Å². The highest BCUT2D eigenvalue weighted by Gasteiger charge is 2.30. The zero-order valence-electron chi connectivity index (χ0n) is 23.6. The first-order valence-corrected chi connectivity index (χ1v) is 13.9. The van der Waals surface area contributed by atoms with E-state index in [4.69, 9.17) is 31.9 Å². The van der Waals surface area contributed by atoms with E-state index < -0.39 is 23.9 Å². The van der Waals surface area contributed by atoms with Crippen molar-refractivity contribution >= 4 is 23.9 Å². The first kappa shape index (κ1) is 33.4. The van der Waals surface area contributed by atoms with Crippen molar-refractivity contribution in [3.63, 3.8) is 0 Å². The Hall–Kier alpha value is -3.76. The molecule has 41 heavy (non-hydrogen) atoms. The van der Waals surface area contributed by atoms with Crippen LogP contribution in [0.4, 0.5) is 0 Å². The van der Waals surface area contributed by atoms with Crippen LogP contribution in [0.2, 0.25) is 0 Å². The van der Waals surface area contributed by atoms with Crippen LogP contribution in [0.3, 0.4) is 0 Å². The van der Waals surface area contributed by atoms with Gasteiger partial charge in [-0.05, 0) is 111 Å². The number of hydrogen-bond donors (Lipinski definition) is 6. The van der Waals surface area contributed by atoms with Gasteiger partial charge in [0.2, 0.25) is 0 Å². The summed E-state index contributed by atoms with van der Waals surface area (Å²) in [5.74, 6) is -1.03. The maximum Gasteiger partial charge on any atom is 0.335 e. The van der Waals surface area contributed by atoms with Crippen LogP contribution in [0.15, 0.2) is 48.5 Å². The van der Waals surface area contributed by atoms with Crippen LogP contribution in [0.25, 0.3) is 0 Å². The van der Waals surface area contributed by atoms with Crippen LogP contribution in [0.1, 0.15) is 100 Å². The molecule has 0 bridgehead atoms. The summed E-state index contributed by atoms with van der Waals surface area (Å²) < 4.78 is 0. The zero-order valence-corrected chi connectivity index (χ0v) is 23.6. The molecule has 10 nitrogen and oxygen atoms in total. The lowest BCUT2D eigenvalue weighted by Crippen LogP contribution is -2.37. The minimum absolute atomic E-state index is 0.0186. The third-order valence-corrected chi connectivity index (χ3v) is 8.09. The van der Waals surface area contributed by atoms with Crippen molar-refractivity contribution in [2.75, 3.05) is 0 Å². The van der Waals surface area contributed by atoms with Gasteiger partial charge in [-0.3, -0.25) is 0 Å². The van der Waals surface area contributed by atoms with Crippen LogP contribution >= 0.6 is 0 Å². The van der Waals surface area contributed by atoms with E-state index in [1.807, 2.05) is 0 Å². The van der Waals surface area contributed by atoms with Crippen LogP contribution in [0, 0.1) is 23.7 Å². The second-order valence-corrected chi connectivity index (χ2v) is 11.3. The van der Waals surface area contributed by atoms with Gasteiger partial charge in [0.05, 0.1) is 22.3 Å². The molecule has 6 atom stereocenters. The summed E-state index contributed by atoms with van der Waals surface area (Å²) >= 11 is 0. The minimum Gasteiger partial charge on any atom is -0.478 e. The standard InChI is InChI=1S/C15H30N2.2C8H6O4/c1-10-7-12(3-5-14(10)16)9-13-4-6-15(17)11(2)8-13;9-7(10)5-1-2-6(4-3-5)8(11)12;9-7(10)5-2-1-3-6(4-5)8(11)12/h10-15H,3-9,16-17H2,1-2H3;2*1-4H,(H,9,10)(H,11,12). The summed E-state index contributed by atoms with van der Waals surface area (Å²) in [5, 5.41) is 33.9. The minimum atomic E-state index is -1.13. The molecule has 0 radical (unpaired) electrons. The lowest BCUT2D eigenvalue weighted by atomic mass is 9.71. The van der Waals surface area contributed by atoms with Gasteiger partial charge in [-0.15, -0.1) is 0 Å². The van der Waals surface area contributed by atoms with Gasteiger partial charge in [-0.1, -0.05) is 19.9 Å². The van der Waals surface area contributed by atoms with E-state index >= 15 is 0 Å². The highest BCUT2D eigenvalue weighted by atomic mass is 16.4. The lowest BCUT2D eigenvalue weighted by Gasteiger charge is -2.37. The third-order valence-electron chi connectivity index (χ3n) is 8.09. The molecule has 10 heteroatoms. The van der Waals surface area contributed by atoms with E-state index in [1.165, 1.54) is 87.4 Å². The first-order valence-electron chi connectivity index (χ1n) is 13.9. The van der Waals surface area contributed by atoms with Crippen molar-refractivity contribution in [2.24, 2.45) is 35.1 Å². The SMILES string of the molecule is CC1CC(CC2CCC(N)C(C)C2)CCC1N.O=C(O)c1ccc(C(=O)O)cc1.O=C(O)c1cccc(C(=O)O)c1. The van der Waals surface area contributed by atoms with Gasteiger partial charge in [-0.25, -0.2) is 19.2 Å². The number of hydrogen-bond acceptors (Lipinski definition) is 6. The van der Waals surface area contributed by atoms with E-state index in [2.05, 4.69) is 13.8 Å². The number of aromatic carboxylic acids is 4. The molecule has 2 aromatic carbocycles. The molecule has 4 rings (SSSR count). The van der Waals surface area contributed by atoms with Gasteiger partial charge in [0.15, 0.2) is 0 Å². The van der Waals surface area contributed by atoms with Crippen LogP contribution in [-0.2, 0) is 0 Å². The Bertz CT molecular complexity index is 1100. The molecule has 2 fully saturated rings. The van der Waals surface area contributed by atoms with E-state index in [0.29, 0.717) is 12.1 Å². The molecule has 0 amide bonds. The summed E-state index contributed by atoms with van der Waals surface area (Å²) in [5.41, 5.74) is 12.3. The highest BCUT2D eigenvalue weighted by Crippen LogP contribution is 2.38. The summed E-state index contributed by atoms with van der Waals surface area (Å²) in [6.07, 6.45) is 9.37. The van der Waals surface area contributed by atoms with Crippen molar-refractivity contribution in [1.82, 2.24) is 0 Å². The van der Waals surface area contributed by atoms with Crippen LogP contribution < -0.4 is 11.5 Å². The molecule has 2 saturated carbocycles. The average molecular weight is 571 g/mol. The normalized spacial score (nSPS) is 25.4. The number of carboxylic acids is 4. The molecule has 0 saturated heterocycles. The van der Waals surface area contributed by atoms with Crippen molar-refractivity contribution in [3.8, 4) is 0 Å². The Morgan fingerprint density at radius 2 is 0.951 bits per heavy atom. The molecule has 6 unspecified atom stereocenters. The largest absolute Gasteiger partial charge is 0.478 e. The van der Waals surface area contributed by atoms with E-state index in [-0.39, 0.29) is 22.3 Å². The monoisotopic (exact) mass is 570 g/mol. The van der Waals surface area contributed by atoms with Crippen molar-refractivity contribution in [3.05, 3.63) is 70.8 Å². The Labute approximate surface area is 240 Å². The molecule has 8 N–H and O–H groups in total. The second-order valence-electron chi connectivity index (χ2n) is 11.3. The predicted molar refractivity (Wildman–Crippen MR) is 154 cm³/mol. The van der Waals surface area contributed by atoms with E-state index in [1.54, 1.807) is 0 Å². The van der Waals surface area contributed by atoms with E-state index in [9.17, 15) is 19.2 Å². The number of nitrogens with two attached hydrogens (primary N) is 2. The van der Waals surface area contributed by atoms with Gasteiger partial charge in [0.1, 0.15) is 0 Å². The van der Waals surface area contributed by atoms with Gasteiger partial charge in [0.25, 0.3) is 0 Å². The van der Waals surface area contributed by atoms with Crippen LogP contribution in [0.5, 0.6) is 0 Å². The van der Waals surface area contributed by atoms with Gasteiger partial charge in [-0.2, -0.15) is 0 Å². The quantitative estimate of drug-likeness (QED) is 0.272. The molecular weight excluding hydrogens is 528 g/mol. The number of benzene rings is 2. The van der Waals surface area contributed by atoms with E-state index in [0.717, 1.165) is 29.7 Å². The Morgan fingerprint density at radius 3 is 1.24 bits per heavy atom. The number of carbonyl (C=O) groups is 4. The molecule has 2 aliphatic rings. The third kappa shape index (κ3) is 11.0. The Morgan fingerprint density at radius 1 is 0.610 bits per heavy atom. The highest BCUT2D eigenvalue weighted by molar-refractivity contribution is 5.93. The summed E-state index contributed by atoms with van der Waals surface area (Å²) in [7, 11) is 0. The summed E-state index contributed by atoms with van der Waals surface area (Å²) in [6, 6.07) is 11.1. The van der Waals surface area contributed by atoms with Gasteiger partial charge in [0, 0.05) is 12.1 Å². The van der Waals surface area contributed by atoms with Crippen molar-refractivity contribution in [2.45, 2.75) is 70.9 Å². The lowest BCUT2D eigenvalue weighted by molar-refractivity contribution is 0.0681. The van der Waals surface area contributed by atoms with Crippen molar-refractivity contribution < 1.29 is 39.6 Å². The molecule has 0 aromatic heterocycles. The van der Waals surface area contributed by atoms with Gasteiger partial charge >= 0.3 is 23.9 Å². The Balaban J connectivity index is 0.000000221. The fraction of sp³-hybridized carbons (Fsp3) is 0.484. The predicted octanol–water partition coefficient (Wildman–Crippen LogP) is 5.07. The Kier molecular flexibility index (Phi) is 13.0. The second kappa shape index (κ2) is 15.9. The fourth-order valence-corrected chi connectivity index (χ4v) is 5.50. The number of carboxylic acid groups (broad SMARTS) is 4. The number of rotatable bonds is 6. The first-order chi connectivity index (χ1) is 19.3. The molecule has 0 spiro atoms. The molecule has 0 heterocycles. The van der Waals surface area contributed by atoms with Crippen molar-refractivity contribution in [1.29, 1.82) is 0 Å². The molecule has 2 aliphatic carbocycles.